The zero-order valence-corrected chi connectivity index (χ0v) is 16.7. The number of methoxy groups -OCH3 is 1. The number of aromatic nitrogens is 4. The molecule has 0 saturated carbocycles. The molecule has 0 aliphatic carbocycles. The number of pyridine rings is 1. The molecule has 0 atom stereocenters. The van der Waals surface area contributed by atoms with E-state index in [2.05, 4.69) is 20.4 Å². The highest BCUT2D eigenvalue weighted by molar-refractivity contribution is 5.97. The van der Waals surface area contributed by atoms with E-state index in [4.69, 9.17) is 4.74 Å². The summed E-state index contributed by atoms with van der Waals surface area (Å²) in [6, 6.07) is 18.7. The lowest BCUT2D eigenvalue weighted by molar-refractivity contribution is 0.0947. The van der Waals surface area contributed by atoms with Crippen LogP contribution in [0.2, 0.25) is 0 Å². The van der Waals surface area contributed by atoms with Crippen LogP contribution in [-0.2, 0) is 6.54 Å². The highest BCUT2D eigenvalue weighted by Crippen LogP contribution is 2.21. The number of hydrogen-bond donors (Lipinski definition) is 1. The summed E-state index contributed by atoms with van der Waals surface area (Å²) in [5.41, 5.74) is 3.29. The zero-order chi connectivity index (χ0) is 20.9. The van der Waals surface area contributed by atoms with E-state index in [0.29, 0.717) is 23.9 Å². The third-order valence-electron chi connectivity index (χ3n) is 4.65. The van der Waals surface area contributed by atoms with Crippen molar-refractivity contribution < 1.29 is 9.53 Å². The first-order valence-corrected chi connectivity index (χ1v) is 9.50. The fraction of sp³-hybridized carbons (Fsp3) is 0.130. The van der Waals surface area contributed by atoms with E-state index in [1.165, 1.54) is 4.68 Å². The molecule has 30 heavy (non-hydrogen) atoms. The normalized spacial score (nSPS) is 10.6. The summed E-state index contributed by atoms with van der Waals surface area (Å²) in [6.07, 6.45) is 3.35. The molecule has 2 aromatic carbocycles. The number of nitrogens with one attached hydrogen (secondary N) is 1. The van der Waals surface area contributed by atoms with E-state index in [0.717, 1.165) is 22.4 Å². The van der Waals surface area contributed by atoms with Crippen LogP contribution in [0, 0.1) is 6.92 Å². The molecule has 0 fully saturated rings. The molecule has 0 unspecified atom stereocenters. The van der Waals surface area contributed by atoms with Crippen molar-refractivity contribution in [2.24, 2.45) is 0 Å². The summed E-state index contributed by atoms with van der Waals surface area (Å²) in [4.78, 5) is 21.8. The van der Waals surface area contributed by atoms with E-state index >= 15 is 0 Å². The van der Waals surface area contributed by atoms with Gasteiger partial charge in [0.25, 0.3) is 5.91 Å². The van der Waals surface area contributed by atoms with Crippen molar-refractivity contribution in [1.82, 2.24) is 19.7 Å². The van der Waals surface area contributed by atoms with Crippen LogP contribution in [0.5, 0.6) is 5.75 Å². The number of anilines is 1. The molecule has 1 N–H and O–H groups in total. The summed E-state index contributed by atoms with van der Waals surface area (Å²) in [7, 11) is 1.63. The van der Waals surface area contributed by atoms with E-state index in [1.807, 2.05) is 49.4 Å². The monoisotopic (exact) mass is 399 g/mol. The Hall–Kier alpha value is -4.00. The molecule has 0 radical (unpaired) electrons. The first-order chi connectivity index (χ1) is 14.7. The second kappa shape index (κ2) is 8.57. The summed E-state index contributed by atoms with van der Waals surface area (Å²) >= 11 is 0. The lowest BCUT2D eigenvalue weighted by atomic mass is 10.1. The molecule has 7 heteroatoms. The number of rotatable bonds is 6. The second-order valence-electron chi connectivity index (χ2n) is 6.75. The molecular weight excluding hydrogens is 378 g/mol. The van der Waals surface area contributed by atoms with E-state index in [9.17, 15) is 4.79 Å². The van der Waals surface area contributed by atoms with Gasteiger partial charge in [0.05, 0.1) is 7.11 Å². The van der Waals surface area contributed by atoms with Gasteiger partial charge in [-0.1, -0.05) is 35.9 Å². The average Bonchev–Trinajstić information content (AvgIpc) is 3.23. The third kappa shape index (κ3) is 4.05. The fourth-order valence-electron chi connectivity index (χ4n) is 3.03. The number of carbonyl (C=O) groups excluding carboxylic acids is 1. The maximum absolute atomic E-state index is 13.1. The summed E-state index contributed by atoms with van der Waals surface area (Å²) < 4.78 is 6.70. The van der Waals surface area contributed by atoms with Crippen LogP contribution in [0.15, 0.2) is 73.1 Å². The third-order valence-corrected chi connectivity index (χ3v) is 4.65. The minimum Gasteiger partial charge on any atom is -0.496 e. The summed E-state index contributed by atoms with van der Waals surface area (Å²) in [5.74, 6) is 1.27. The highest BCUT2D eigenvalue weighted by atomic mass is 16.5. The molecule has 0 amide bonds. The van der Waals surface area contributed by atoms with Crippen molar-refractivity contribution >= 4 is 11.9 Å². The molecule has 0 spiro atoms. The Morgan fingerprint density at radius 1 is 1.07 bits per heavy atom. The maximum Gasteiger partial charge on any atom is 0.281 e. The number of aryl methyl sites for hydroxylation is 1. The van der Waals surface area contributed by atoms with Gasteiger partial charge in [-0.15, -0.1) is 5.10 Å². The largest absolute Gasteiger partial charge is 0.496 e. The number of ether oxygens (including phenoxy) is 1. The van der Waals surface area contributed by atoms with Crippen LogP contribution in [-0.4, -0.2) is 32.8 Å². The van der Waals surface area contributed by atoms with Crippen molar-refractivity contribution in [3.05, 3.63) is 89.7 Å². The molecule has 4 rings (SSSR count). The van der Waals surface area contributed by atoms with Crippen molar-refractivity contribution in [3.63, 3.8) is 0 Å². The number of hydrogen-bond acceptors (Lipinski definition) is 6. The Bertz CT molecular complexity index is 1150. The molecule has 0 saturated heterocycles. The molecule has 7 nitrogen and oxygen atoms in total. The maximum atomic E-state index is 13.1. The van der Waals surface area contributed by atoms with Crippen molar-refractivity contribution in [2.75, 3.05) is 12.4 Å². The zero-order valence-electron chi connectivity index (χ0n) is 16.7. The Morgan fingerprint density at radius 3 is 2.60 bits per heavy atom. The van der Waals surface area contributed by atoms with Gasteiger partial charge in [0.15, 0.2) is 5.82 Å². The Morgan fingerprint density at radius 2 is 1.87 bits per heavy atom. The minimum atomic E-state index is -0.264. The molecule has 2 heterocycles. The van der Waals surface area contributed by atoms with Gasteiger partial charge >= 0.3 is 0 Å². The predicted octanol–water partition coefficient (Wildman–Crippen LogP) is 3.96. The van der Waals surface area contributed by atoms with Crippen LogP contribution in [0.25, 0.3) is 11.4 Å². The number of benzene rings is 2. The van der Waals surface area contributed by atoms with Gasteiger partial charge in [-0.25, -0.2) is 0 Å². The summed E-state index contributed by atoms with van der Waals surface area (Å²) in [5, 5.41) is 7.68. The van der Waals surface area contributed by atoms with Crippen LogP contribution in [0.3, 0.4) is 0 Å². The lowest BCUT2D eigenvalue weighted by Gasteiger charge is -2.10. The van der Waals surface area contributed by atoms with Gasteiger partial charge in [0.1, 0.15) is 5.75 Å². The number of nitrogens with zero attached hydrogens (tertiary/aromatic N) is 4. The standard InChI is InChI=1S/C23H21N5O2/c1-16-9-11-17(12-10-16)22(29)28-23(25-15-18-6-3-4-8-20(18)30-2)26-21(27-28)19-7-5-13-24-14-19/h3-14H,15H2,1-2H3,(H,25,26,27). The van der Waals surface area contributed by atoms with E-state index in [-0.39, 0.29) is 5.91 Å². The minimum absolute atomic E-state index is 0.264. The van der Waals surface area contributed by atoms with Crippen molar-refractivity contribution in [3.8, 4) is 17.1 Å². The molecule has 0 aliphatic rings. The molecular formula is C23H21N5O2. The lowest BCUT2D eigenvalue weighted by Crippen LogP contribution is -2.17. The van der Waals surface area contributed by atoms with Crippen LogP contribution < -0.4 is 10.1 Å². The average molecular weight is 399 g/mol. The summed E-state index contributed by atoms with van der Waals surface area (Å²) in [6.45, 7) is 2.40. The van der Waals surface area contributed by atoms with Gasteiger partial charge in [-0.05, 0) is 37.3 Å². The van der Waals surface area contributed by atoms with Gasteiger partial charge in [-0.2, -0.15) is 9.67 Å². The van der Waals surface area contributed by atoms with Crippen molar-refractivity contribution in [2.45, 2.75) is 13.5 Å². The Labute approximate surface area is 174 Å². The first-order valence-electron chi connectivity index (χ1n) is 9.50. The molecule has 0 aliphatic heterocycles. The second-order valence-corrected chi connectivity index (χ2v) is 6.75. The van der Waals surface area contributed by atoms with Gasteiger partial charge < -0.3 is 10.1 Å². The predicted molar refractivity (Wildman–Crippen MR) is 114 cm³/mol. The molecule has 150 valence electrons. The molecule has 0 bridgehead atoms. The SMILES string of the molecule is COc1ccccc1CNc1nc(-c2cccnc2)nn1C(=O)c1ccc(C)cc1. The van der Waals surface area contributed by atoms with Gasteiger partial charge in [-0.3, -0.25) is 9.78 Å². The quantitative estimate of drug-likeness (QED) is 0.529. The van der Waals surface area contributed by atoms with Crippen LogP contribution in [0.4, 0.5) is 5.95 Å². The highest BCUT2D eigenvalue weighted by Gasteiger charge is 2.19. The Kier molecular flexibility index (Phi) is 5.52. The first kappa shape index (κ1) is 19.3. The van der Waals surface area contributed by atoms with Gasteiger partial charge in [0, 0.05) is 35.6 Å². The van der Waals surface area contributed by atoms with E-state index < -0.39 is 0 Å². The van der Waals surface area contributed by atoms with Crippen LogP contribution in [0.1, 0.15) is 21.5 Å². The van der Waals surface area contributed by atoms with E-state index in [1.54, 1.807) is 37.7 Å². The number of para-hydroxylation sites is 1. The molecule has 2 aromatic heterocycles. The van der Waals surface area contributed by atoms with Crippen molar-refractivity contribution in [1.29, 1.82) is 0 Å². The smallest absolute Gasteiger partial charge is 0.281 e. The Balaban J connectivity index is 1.69. The molecule has 4 aromatic rings. The van der Waals surface area contributed by atoms with Gasteiger partial charge in [0.2, 0.25) is 5.95 Å². The number of carbonyl (C=O) groups is 1. The fourth-order valence-corrected chi connectivity index (χ4v) is 3.03. The topological polar surface area (TPSA) is 81.9 Å². The van der Waals surface area contributed by atoms with Crippen LogP contribution >= 0.6 is 0 Å².